The van der Waals surface area contributed by atoms with Gasteiger partial charge in [0.1, 0.15) is 5.82 Å². The maximum Gasteiger partial charge on any atom is 0.240 e. The lowest BCUT2D eigenvalue weighted by Crippen LogP contribution is -2.27. The first-order valence-corrected chi connectivity index (χ1v) is 11.7. The zero-order chi connectivity index (χ0) is 22.3. The summed E-state index contributed by atoms with van der Waals surface area (Å²) < 4.78 is 34.5. The Bertz CT molecular complexity index is 1100. The quantitative estimate of drug-likeness (QED) is 0.437. The Labute approximate surface area is 183 Å². The van der Waals surface area contributed by atoms with Crippen LogP contribution in [0.2, 0.25) is 0 Å². The summed E-state index contributed by atoms with van der Waals surface area (Å²) in [6.45, 7) is 7.93. The molecule has 0 atom stereocenters. The van der Waals surface area contributed by atoms with Gasteiger partial charge in [0.25, 0.3) is 0 Å². The zero-order valence-corrected chi connectivity index (χ0v) is 18.8. The summed E-state index contributed by atoms with van der Waals surface area (Å²) in [7, 11) is -3.58. The molecule has 10 heteroatoms. The molecule has 0 unspecified atom stereocenters. The van der Waals surface area contributed by atoms with E-state index in [2.05, 4.69) is 36.5 Å². The molecule has 0 amide bonds. The Morgan fingerprint density at radius 3 is 2.58 bits per heavy atom. The molecule has 3 aromatic rings. The summed E-state index contributed by atoms with van der Waals surface area (Å²) in [4.78, 5) is 13.5. The topological polar surface area (TPSA) is 111 Å². The number of ether oxygens (including phenoxy) is 1. The molecule has 0 aliphatic carbocycles. The maximum absolute atomic E-state index is 12.3. The first-order chi connectivity index (χ1) is 14.9. The summed E-state index contributed by atoms with van der Waals surface area (Å²) in [5.74, 6) is 1.36. The Morgan fingerprint density at radius 2 is 1.87 bits per heavy atom. The van der Waals surface area contributed by atoms with Crippen molar-refractivity contribution in [2.75, 3.05) is 25.1 Å². The summed E-state index contributed by atoms with van der Waals surface area (Å²) in [6.07, 6.45) is 4.50. The van der Waals surface area contributed by atoms with E-state index in [4.69, 9.17) is 4.74 Å². The van der Waals surface area contributed by atoms with Crippen molar-refractivity contribution in [2.24, 2.45) is 0 Å². The zero-order valence-electron chi connectivity index (χ0n) is 18.0. The van der Waals surface area contributed by atoms with Gasteiger partial charge < -0.3 is 14.6 Å². The molecule has 0 aliphatic heterocycles. The summed E-state index contributed by atoms with van der Waals surface area (Å²) in [5.41, 5.74) is 2.39. The van der Waals surface area contributed by atoms with Crippen LogP contribution in [0.5, 0.6) is 0 Å². The van der Waals surface area contributed by atoms with Crippen molar-refractivity contribution in [1.82, 2.24) is 24.2 Å². The molecule has 0 saturated heterocycles. The van der Waals surface area contributed by atoms with Crippen LogP contribution in [-0.2, 0) is 21.3 Å². The van der Waals surface area contributed by atoms with Gasteiger partial charge in [-0.15, -0.1) is 0 Å². The van der Waals surface area contributed by atoms with E-state index in [1.165, 1.54) is 12.1 Å². The van der Waals surface area contributed by atoms with E-state index in [0.717, 1.165) is 30.2 Å². The van der Waals surface area contributed by atoms with Crippen LogP contribution in [0.4, 0.5) is 11.6 Å². The van der Waals surface area contributed by atoms with Crippen LogP contribution in [0.1, 0.15) is 26.1 Å². The number of nitrogens with zero attached hydrogens (tertiary/aromatic N) is 4. The van der Waals surface area contributed by atoms with Gasteiger partial charge in [0.2, 0.25) is 16.0 Å². The molecule has 31 heavy (non-hydrogen) atoms. The van der Waals surface area contributed by atoms with Crippen molar-refractivity contribution in [1.29, 1.82) is 0 Å². The van der Waals surface area contributed by atoms with Gasteiger partial charge in [-0.3, -0.25) is 0 Å². The van der Waals surface area contributed by atoms with Crippen LogP contribution in [0.25, 0.3) is 11.4 Å². The highest BCUT2D eigenvalue weighted by Crippen LogP contribution is 2.22. The number of aromatic nitrogens is 4. The first kappa shape index (κ1) is 22.9. The van der Waals surface area contributed by atoms with E-state index >= 15 is 0 Å². The van der Waals surface area contributed by atoms with E-state index in [1.54, 1.807) is 18.3 Å². The average molecular weight is 445 g/mol. The molecular weight excluding hydrogens is 416 g/mol. The minimum atomic E-state index is -3.58. The number of anilines is 2. The fraction of sp³-hybridized carbons (Fsp3) is 0.381. The number of rotatable bonds is 11. The first-order valence-electron chi connectivity index (χ1n) is 10.2. The molecule has 0 radical (unpaired) electrons. The second-order valence-electron chi connectivity index (χ2n) is 6.85. The summed E-state index contributed by atoms with van der Waals surface area (Å²) in [5, 5.41) is 3.12. The largest absolute Gasteiger partial charge is 0.380 e. The fourth-order valence-corrected chi connectivity index (χ4v) is 4.08. The second kappa shape index (κ2) is 10.5. The lowest BCUT2D eigenvalue weighted by molar-refractivity contribution is 0.153. The standard InChI is InChI=1S/C21H28N6O3S/c1-4-13-27-16(3)23-15-20(27)19-10-11-22-21(26-19)25-17-6-8-18(9-7-17)31(28,29)24-12-14-30-5-2/h6-11,15,24H,4-5,12-14H2,1-3H3,(H,22,25,26). The van der Waals surface area contributed by atoms with Gasteiger partial charge in [-0.05, 0) is 50.6 Å². The molecule has 0 bridgehead atoms. The van der Waals surface area contributed by atoms with Gasteiger partial charge in [0, 0.05) is 31.6 Å². The van der Waals surface area contributed by atoms with E-state index in [1.807, 2.05) is 26.1 Å². The van der Waals surface area contributed by atoms with E-state index in [-0.39, 0.29) is 11.4 Å². The minimum Gasteiger partial charge on any atom is -0.380 e. The molecule has 9 nitrogen and oxygen atoms in total. The van der Waals surface area contributed by atoms with Crippen LogP contribution in [0, 0.1) is 6.92 Å². The highest BCUT2D eigenvalue weighted by molar-refractivity contribution is 7.89. The van der Waals surface area contributed by atoms with Gasteiger partial charge in [0.05, 0.1) is 29.1 Å². The van der Waals surface area contributed by atoms with Crippen LogP contribution < -0.4 is 10.0 Å². The van der Waals surface area contributed by atoms with Crippen LogP contribution in [0.3, 0.4) is 0 Å². The van der Waals surface area contributed by atoms with Gasteiger partial charge in [-0.1, -0.05) is 6.92 Å². The third-order valence-electron chi connectivity index (χ3n) is 4.58. The van der Waals surface area contributed by atoms with Crippen molar-refractivity contribution >= 4 is 21.7 Å². The molecule has 2 aromatic heterocycles. The van der Waals surface area contributed by atoms with Crippen molar-refractivity contribution in [2.45, 2.75) is 38.6 Å². The van der Waals surface area contributed by atoms with Crippen LogP contribution in [-0.4, -0.2) is 47.7 Å². The highest BCUT2D eigenvalue weighted by atomic mass is 32.2. The Morgan fingerprint density at radius 1 is 1.10 bits per heavy atom. The highest BCUT2D eigenvalue weighted by Gasteiger charge is 2.14. The van der Waals surface area contributed by atoms with Crippen LogP contribution in [0.15, 0.2) is 47.6 Å². The van der Waals surface area contributed by atoms with E-state index < -0.39 is 10.0 Å². The Balaban J connectivity index is 1.72. The average Bonchev–Trinajstić information content (AvgIpc) is 3.12. The molecule has 2 heterocycles. The lowest BCUT2D eigenvalue weighted by Gasteiger charge is -2.11. The van der Waals surface area contributed by atoms with Crippen molar-refractivity contribution in [3.8, 4) is 11.4 Å². The fourth-order valence-electron chi connectivity index (χ4n) is 3.06. The number of hydrogen-bond donors (Lipinski definition) is 2. The van der Waals surface area contributed by atoms with E-state index in [9.17, 15) is 8.42 Å². The third kappa shape index (κ3) is 5.87. The predicted octanol–water partition coefficient (Wildman–Crippen LogP) is 3.12. The predicted molar refractivity (Wildman–Crippen MR) is 120 cm³/mol. The van der Waals surface area contributed by atoms with Crippen molar-refractivity contribution < 1.29 is 13.2 Å². The van der Waals surface area contributed by atoms with Gasteiger partial charge in [-0.25, -0.2) is 28.1 Å². The lowest BCUT2D eigenvalue weighted by atomic mass is 10.3. The Kier molecular flexibility index (Phi) is 7.72. The molecule has 0 aliphatic rings. The summed E-state index contributed by atoms with van der Waals surface area (Å²) >= 11 is 0. The third-order valence-corrected chi connectivity index (χ3v) is 6.06. The smallest absolute Gasteiger partial charge is 0.240 e. The monoisotopic (exact) mass is 444 g/mol. The van der Waals surface area contributed by atoms with Crippen molar-refractivity contribution in [3.63, 3.8) is 0 Å². The number of nitrogens with one attached hydrogen (secondary N) is 2. The summed E-state index contributed by atoms with van der Waals surface area (Å²) in [6, 6.07) is 8.28. The second-order valence-corrected chi connectivity index (χ2v) is 8.62. The normalized spacial score (nSPS) is 11.6. The van der Waals surface area contributed by atoms with Gasteiger partial charge in [0.15, 0.2) is 0 Å². The number of hydrogen-bond acceptors (Lipinski definition) is 7. The Hall–Kier alpha value is -2.82. The van der Waals surface area contributed by atoms with Gasteiger partial charge in [-0.2, -0.15) is 0 Å². The molecule has 2 N–H and O–H groups in total. The number of sulfonamides is 1. The van der Waals surface area contributed by atoms with Crippen LogP contribution >= 0.6 is 0 Å². The van der Waals surface area contributed by atoms with Crippen molar-refractivity contribution in [3.05, 3.63) is 48.5 Å². The molecular formula is C21H28N6O3S. The number of benzene rings is 1. The SMILES string of the molecule is CCCn1c(-c2ccnc(Nc3ccc(S(=O)(=O)NCCOCC)cc3)n2)cnc1C. The molecule has 166 valence electrons. The molecule has 0 fully saturated rings. The maximum atomic E-state index is 12.3. The number of aryl methyl sites for hydroxylation is 1. The molecule has 0 saturated carbocycles. The number of imidazole rings is 1. The van der Waals surface area contributed by atoms with Gasteiger partial charge >= 0.3 is 0 Å². The molecule has 3 rings (SSSR count). The van der Waals surface area contributed by atoms with E-state index in [0.29, 0.717) is 24.8 Å². The minimum absolute atomic E-state index is 0.183. The molecule has 0 spiro atoms. The molecule has 1 aromatic carbocycles.